The summed E-state index contributed by atoms with van der Waals surface area (Å²) in [6.07, 6.45) is -4.59. The highest BCUT2D eigenvalue weighted by atomic mass is 79.9. The van der Waals surface area contributed by atoms with E-state index in [1.807, 2.05) is 4.72 Å². The second kappa shape index (κ2) is 5.45. The van der Waals surface area contributed by atoms with Gasteiger partial charge in [-0.1, -0.05) is 22.0 Å². The zero-order chi connectivity index (χ0) is 14.0. The number of rotatable bonds is 4. The van der Waals surface area contributed by atoms with Crippen LogP contribution >= 0.6 is 15.9 Å². The van der Waals surface area contributed by atoms with Gasteiger partial charge in [0, 0.05) is 4.47 Å². The van der Waals surface area contributed by atoms with Crippen LogP contribution in [0, 0.1) is 6.92 Å². The highest BCUT2D eigenvalue weighted by molar-refractivity contribution is 9.10. The number of hydrogen-bond donors (Lipinski definition) is 2. The van der Waals surface area contributed by atoms with Gasteiger partial charge in [-0.3, -0.25) is 4.72 Å². The number of aryl methyl sites for hydroxylation is 1. The zero-order valence-electron chi connectivity index (χ0n) is 9.18. The SMILES string of the molecule is Cc1ccc(NS(=O)(=O)NCC(F)(F)F)cc1Br. The minimum atomic E-state index is -4.59. The van der Waals surface area contributed by atoms with Gasteiger partial charge in [-0.15, -0.1) is 0 Å². The molecule has 0 saturated carbocycles. The molecule has 0 atom stereocenters. The van der Waals surface area contributed by atoms with Crippen molar-refractivity contribution in [3.05, 3.63) is 28.2 Å². The molecule has 1 aromatic rings. The van der Waals surface area contributed by atoms with Crippen LogP contribution in [0.2, 0.25) is 0 Å². The van der Waals surface area contributed by atoms with Gasteiger partial charge in [0.15, 0.2) is 0 Å². The molecule has 4 nitrogen and oxygen atoms in total. The average molecular weight is 347 g/mol. The quantitative estimate of drug-likeness (QED) is 0.880. The van der Waals surface area contributed by atoms with Crippen LogP contribution in [-0.2, 0) is 10.2 Å². The summed E-state index contributed by atoms with van der Waals surface area (Å²) in [7, 11) is -4.24. The van der Waals surface area contributed by atoms with Crippen molar-refractivity contribution in [1.82, 2.24) is 4.72 Å². The molecule has 1 aromatic carbocycles. The van der Waals surface area contributed by atoms with Crippen LogP contribution in [0.25, 0.3) is 0 Å². The number of anilines is 1. The Bertz CT molecular complexity index is 531. The topological polar surface area (TPSA) is 58.2 Å². The molecular formula is C9H10BrF3N2O2S. The van der Waals surface area contributed by atoms with Gasteiger partial charge < -0.3 is 0 Å². The molecule has 0 spiro atoms. The molecule has 18 heavy (non-hydrogen) atoms. The number of nitrogens with one attached hydrogen (secondary N) is 2. The first kappa shape index (κ1) is 15.3. The molecule has 2 N–H and O–H groups in total. The normalized spacial score (nSPS) is 12.5. The Morgan fingerprint density at radius 1 is 1.33 bits per heavy atom. The molecule has 0 saturated heterocycles. The summed E-state index contributed by atoms with van der Waals surface area (Å²) < 4.78 is 62.3. The molecule has 0 radical (unpaired) electrons. The van der Waals surface area contributed by atoms with Crippen molar-refractivity contribution < 1.29 is 21.6 Å². The predicted molar refractivity (Wildman–Crippen MR) is 65.5 cm³/mol. The molecule has 0 aliphatic carbocycles. The summed E-state index contributed by atoms with van der Waals surface area (Å²) in [5, 5.41) is 0. The Hall–Kier alpha value is -0.800. The standard InChI is InChI=1S/C9H10BrF3N2O2S/c1-6-2-3-7(4-8(6)10)15-18(16,17)14-5-9(11,12)13/h2-4,14-15H,5H2,1H3. The van der Waals surface area contributed by atoms with E-state index in [9.17, 15) is 21.6 Å². The van der Waals surface area contributed by atoms with E-state index in [2.05, 4.69) is 15.9 Å². The van der Waals surface area contributed by atoms with Crippen molar-refractivity contribution in [2.24, 2.45) is 0 Å². The average Bonchev–Trinajstić information content (AvgIpc) is 2.20. The van der Waals surface area contributed by atoms with Gasteiger partial charge in [0.05, 0.1) is 5.69 Å². The summed E-state index contributed by atoms with van der Waals surface area (Å²) in [5.41, 5.74) is 1.04. The van der Waals surface area contributed by atoms with Crippen LogP contribution in [0.5, 0.6) is 0 Å². The van der Waals surface area contributed by atoms with Crippen LogP contribution < -0.4 is 9.44 Å². The molecule has 0 amide bonds. The van der Waals surface area contributed by atoms with Gasteiger partial charge >= 0.3 is 6.18 Å². The maximum atomic E-state index is 11.9. The molecule has 0 aromatic heterocycles. The lowest BCUT2D eigenvalue weighted by Crippen LogP contribution is -2.37. The lowest BCUT2D eigenvalue weighted by Gasteiger charge is -2.11. The van der Waals surface area contributed by atoms with E-state index in [1.54, 1.807) is 13.0 Å². The van der Waals surface area contributed by atoms with Crippen molar-refractivity contribution in [1.29, 1.82) is 0 Å². The van der Waals surface area contributed by atoms with Crippen LogP contribution in [-0.4, -0.2) is 21.1 Å². The van der Waals surface area contributed by atoms with Crippen molar-refractivity contribution in [3.8, 4) is 0 Å². The molecule has 1 rings (SSSR count). The van der Waals surface area contributed by atoms with Crippen molar-refractivity contribution in [2.75, 3.05) is 11.3 Å². The molecule has 0 unspecified atom stereocenters. The zero-order valence-corrected chi connectivity index (χ0v) is 11.6. The Kier molecular flexibility index (Phi) is 4.62. The maximum Gasteiger partial charge on any atom is 0.402 e. The highest BCUT2D eigenvalue weighted by Crippen LogP contribution is 2.21. The Morgan fingerprint density at radius 3 is 2.44 bits per heavy atom. The number of halogens is 4. The van der Waals surface area contributed by atoms with Gasteiger partial charge in [-0.25, -0.2) is 0 Å². The van der Waals surface area contributed by atoms with Crippen LogP contribution in [0.15, 0.2) is 22.7 Å². The molecule has 102 valence electrons. The first-order valence-corrected chi connectivity index (χ1v) is 6.97. The number of benzene rings is 1. The Labute approximate surface area is 111 Å². The number of hydrogen-bond acceptors (Lipinski definition) is 2. The predicted octanol–water partition coefficient (Wildman–Crippen LogP) is 2.57. The Morgan fingerprint density at radius 2 is 1.94 bits per heavy atom. The van der Waals surface area contributed by atoms with E-state index in [4.69, 9.17) is 0 Å². The fourth-order valence-corrected chi connectivity index (χ4v) is 2.27. The van der Waals surface area contributed by atoms with Gasteiger partial charge in [0.2, 0.25) is 0 Å². The molecular weight excluding hydrogens is 337 g/mol. The lowest BCUT2D eigenvalue weighted by molar-refractivity contribution is -0.121. The summed E-state index contributed by atoms with van der Waals surface area (Å²) in [5.74, 6) is 0. The van der Waals surface area contributed by atoms with Crippen LogP contribution in [0.4, 0.5) is 18.9 Å². The van der Waals surface area contributed by atoms with Gasteiger partial charge in [-0.05, 0) is 24.6 Å². The first-order chi connectivity index (χ1) is 8.09. The highest BCUT2D eigenvalue weighted by Gasteiger charge is 2.29. The van der Waals surface area contributed by atoms with Crippen molar-refractivity contribution in [3.63, 3.8) is 0 Å². The fraction of sp³-hybridized carbons (Fsp3) is 0.333. The summed E-state index contributed by atoms with van der Waals surface area (Å²) in [6, 6.07) is 4.54. The Balaban J connectivity index is 2.74. The summed E-state index contributed by atoms with van der Waals surface area (Å²) >= 11 is 3.19. The fourth-order valence-electron chi connectivity index (χ4n) is 1.02. The largest absolute Gasteiger partial charge is 0.402 e. The molecule has 0 aliphatic rings. The van der Waals surface area contributed by atoms with Gasteiger partial charge in [-0.2, -0.15) is 26.3 Å². The lowest BCUT2D eigenvalue weighted by atomic mass is 10.2. The van der Waals surface area contributed by atoms with E-state index < -0.39 is 22.9 Å². The van der Waals surface area contributed by atoms with E-state index in [0.29, 0.717) is 4.47 Å². The number of alkyl halides is 3. The first-order valence-electron chi connectivity index (χ1n) is 4.69. The summed E-state index contributed by atoms with van der Waals surface area (Å²) in [6.45, 7) is 0.180. The van der Waals surface area contributed by atoms with Gasteiger partial charge in [0.25, 0.3) is 10.2 Å². The third-order valence-corrected chi connectivity index (χ3v) is 3.77. The van der Waals surface area contributed by atoms with E-state index in [0.717, 1.165) is 5.56 Å². The second-order valence-corrected chi connectivity index (χ2v) is 5.86. The van der Waals surface area contributed by atoms with E-state index in [1.165, 1.54) is 16.9 Å². The monoisotopic (exact) mass is 346 g/mol. The van der Waals surface area contributed by atoms with Crippen LogP contribution in [0.3, 0.4) is 0 Å². The van der Waals surface area contributed by atoms with E-state index in [-0.39, 0.29) is 5.69 Å². The van der Waals surface area contributed by atoms with Crippen LogP contribution in [0.1, 0.15) is 5.56 Å². The van der Waals surface area contributed by atoms with Crippen molar-refractivity contribution >= 4 is 31.8 Å². The molecule has 0 aliphatic heterocycles. The molecule has 0 fully saturated rings. The van der Waals surface area contributed by atoms with E-state index >= 15 is 0 Å². The molecule has 9 heteroatoms. The third kappa shape index (κ3) is 5.23. The van der Waals surface area contributed by atoms with Crippen molar-refractivity contribution in [2.45, 2.75) is 13.1 Å². The molecule has 0 bridgehead atoms. The smallest absolute Gasteiger partial charge is 0.271 e. The third-order valence-electron chi connectivity index (χ3n) is 1.89. The van der Waals surface area contributed by atoms with Gasteiger partial charge in [0.1, 0.15) is 6.54 Å². The maximum absolute atomic E-state index is 11.9. The minimum Gasteiger partial charge on any atom is -0.271 e. The molecule has 0 heterocycles. The minimum absolute atomic E-state index is 0.169. The summed E-state index contributed by atoms with van der Waals surface area (Å²) in [4.78, 5) is 0. The second-order valence-electron chi connectivity index (χ2n) is 3.51.